The topological polar surface area (TPSA) is 52.3 Å². The van der Waals surface area contributed by atoms with Gasteiger partial charge in [-0.25, -0.2) is 0 Å². The van der Waals surface area contributed by atoms with Gasteiger partial charge in [0.1, 0.15) is 11.1 Å². The van der Waals surface area contributed by atoms with Gasteiger partial charge >= 0.3 is 5.97 Å². The first kappa shape index (κ1) is 16.4. The van der Waals surface area contributed by atoms with Gasteiger partial charge in [-0.2, -0.15) is 0 Å². The summed E-state index contributed by atoms with van der Waals surface area (Å²) in [4.78, 5) is 12.0. The van der Waals surface area contributed by atoms with Crippen molar-refractivity contribution in [3.63, 3.8) is 0 Å². The summed E-state index contributed by atoms with van der Waals surface area (Å²) in [5.41, 5.74) is 6.82. The van der Waals surface area contributed by atoms with Crippen molar-refractivity contribution in [2.75, 3.05) is 0 Å². The van der Waals surface area contributed by atoms with Gasteiger partial charge in [-0.05, 0) is 46.6 Å². The summed E-state index contributed by atoms with van der Waals surface area (Å²) in [5.74, 6) is -0.376. The van der Waals surface area contributed by atoms with Crippen LogP contribution in [0.25, 0.3) is 6.08 Å². The predicted molar refractivity (Wildman–Crippen MR) is 83.3 cm³/mol. The lowest BCUT2D eigenvalue weighted by Crippen LogP contribution is -2.48. The Hall–Kier alpha value is -1.61. The van der Waals surface area contributed by atoms with Crippen molar-refractivity contribution in [2.45, 2.75) is 52.2 Å². The number of aryl methyl sites for hydroxylation is 1. The highest BCUT2D eigenvalue weighted by molar-refractivity contribution is 5.80. The second kappa shape index (κ2) is 6.23. The van der Waals surface area contributed by atoms with E-state index in [-0.39, 0.29) is 5.97 Å². The fourth-order valence-corrected chi connectivity index (χ4v) is 1.69. The van der Waals surface area contributed by atoms with Crippen molar-refractivity contribution in [1.29, 1.82) is 0 Å². The smallest absolute Gasteiger partial charge is 0.326 e. The summed E-state index contributed by atoms with van der Waals surface area (Å²) in [6, 6.07) is 8.15. The second-order valence-corrected chi connectivity index (χ2v) is 6.44. The van der Waals surface area contributed by atoms with Crippen molar-refractivity contribution in [1.82, 2.24) is 0 Å². The first-order valence-corrected chi connectivity index (χ1v) is 6.86. The van der Waals surface area contributed by atoms with Crippen LogP contribution in [0.15, 0.2) is 30.3 Å². The first-order chi connectivity index (χ1) is 9.10. The van der Waals surface area contributed by atoms with E-state index in [0.717, 1.165) is 5.56 Å². The number of ether oxygens (including phenoxy) is 1. The Labute approximate surface area is 121 Å². The van der Waals surface area contributed by atoms with Gasteiger partial charge < -0.3 is 10.5 Å². The molecular formula is C17H25NO2. The van der Waals surface area contributed by atoms with Crippen LogP contribution in [-0.2, 0) is 9.53 Å². The van der Waals surface area contributed by atoms with E-state index >= 15 is 0 Å². The van der Waals surface area contributed by atoms with Gasteiger partial charge in [0, 0.05) is 0 Å². The highest BCUT2D eigenvalue weighted by atomic mass is 16.6. The third-order valence-electron chi connectivity index (χ3n) is 2.76. The molecule has 0 spiro atoms. The number of hydrogen-bond acceptors (Lipinski definition) is 3. The molecule has 3 heteroatoms. The number of rotatable bonds is 4. The van der Waals surface area contributed by atoms with Crippen molar-refractivity contribution >= 4 is 12.0 Å². The standard InChI is InChI=1S/C17H25NO2/c1-13-8-6-9-14(12-13)10-7-11-17(5,18)15(19)20-16(2,3)4/h6-10,12H,11,18H2,1-5H3/b10-7+/t17-/m0/s1. The highest BCUT2D eigenvalue weighted by Crippen LogP contribution is 2.16. The van der Waals surface area contributed by atoms with Crippen molar-refractivity contribution in [2.24, 2.45) is 5.73 Å². The molecule has 0 bridgehead atoms. The van der Waals surface area contributed by atoms with Gasteiger partial charge in [0.05, 0.1) is 0 Å². The van der Waals surface area contributed by atoms with Crippen molar-refractivity contribution < 1.29 is 9.53 Å². The first-order valence-electron chi connectivity index (χ1n) is 6.86. The Morgan fingerprint density at radius 3 is 2.50 bits per heavy atom. The minimum Gasteiger partial charge on any atom is -0.459 e. The van der Waals surface area contributed by atoms with Crippen LogP contribution in [0.1, 0.15) is 45.2 Å². The molecule has 0 aliphatic heterocycles. The van der Waals surface area contributed by atoms with E-state index in [4.69, 9.17) is 10.5 Å². The summed E-state index contributed by atoms with van der Waals surface area (Å²) < 4.78 is 5.33. The molecule has 2 N–H and O–H groups in total. The zero-order valence-electron chi connectivity index (χ0n) is 13.1. The SMILES string of the molecule is Cc1cccc(/C=C/C[C@](C)(N)C(=O)OC(C)(C)C)c1. The molecule has 1 rings (SSSR count). The van der Waals surface area contributed by atoms with Gasteiger partial charge in [-0.1, -0.05) is 42.0 Å². The zero-order chi connectivity index (χ0) is 15.4. The average Bonchev–Trinajstić information content (AvgIpc) is 2.26. The Bertz CT molecular complexity index is 496. The highest BCUT2D eigenvalue weighted by Gasteiger charge is 2.31. The molecule has 110 valence electrons. The summed E-state index contributed by atoms with van der Waals surface area (Å²) >= 11 is 0. The fraction of sp³-hybridized carbons (Fsp3) is 0.471. The van der Waals surface area contributed by atoms with Crippen LogP contribution in [0.3, 0.4) is 0 Å². The number of esters is 1. The monoisotopic (exact) mass is 275 g/mol. The average molecular weight is 275 g/mol. The van der Waals surface area contributed by atoms with E-state index in [1.807, 2.05) is 58.0 Å². The van der Waals surface area contributed by atoms with Crippen LogP contribution in [0.5, 0.6) is 0 Å². The molecule has 1 aromatic rings. The molecule has 20 heavy (non-hydrogen) atoms. The van der Waals surface area contributed by atoms with E-state index in [0.29, 0.717) is 6.42 Å². The third kappa shape index (κ3) is 5.57. The molecule has 0 saturated carbocycles. The Morgan fingerprint density at radius 2 is 1.95 bits per heavy atom. The molecule has 0 unspecified atom stereocenters. The predicted octanol–water partition coefficient (Wildman–Crippen LogP) is 3.46. The summed E-state index contributed by atoms with van der Waals surface area (Å²) in [6.07, 6.45) is 4.33. The number of hydrogen-bond donors (Lipinski definition) is 1. The molecule has 0 fully saturated rings. The van der Waals surface area contributed by atoms with Crippen LogP contribution >= 0.6 is 0 Å². The molecular weight excluding hydrogens is 250 g/mol. The van der Waals surface area contributed by atoms with Gasteiger partial charge in [0.15, 0.2) is 0 Å². The lowest BCUT2D eigenvalue weighted by Gasteiger charge is -2.27. The molecule has 0 saturated heterocycles. The van der Waals surface area contributed by atoms with Gasteiger partial charge in [-0.15, -0.1) is 0 Å². The van der Waals surface area contributed by atoms with E-state index in [1.54, 1.807) is 6.92 Å². The van der Waals surface area contributed by atoms with E-state index < -0.39 is 11.1 Å². The van der Waals surface area contributed by atoms with Crippen molar-refractivity contribution in [3.05, 3.63) is 41.5 Å². The lowest BCUT2D eigenvalue weighted by molar-refractivity contribution is -0.160. The molecule has 1 atom stereocenters. The molecule has 0 aliphatic carbocycles. The maximum Gasteiger partial charge on any atom is 0.326 e. The second-order valence-electron chi connectivity index (χ2n) is 6.44. The molecule has 0 radical (unpaired) electrons. The van der Waals surface area contributed by atoms with Crippen LogP contribution in [0.4, 0.5) is 0 Å². The van der Waals surface area contributed by atoms with Crippen LogP contribution < -0.4 is 5.73 Å². The molecule has 0 amide bonds. The fourth-order valence-electron chi connectivity index (χ4n) is 1.69. The summed E-state index contributed by atoms with van der Waals surface area (Å²) in [7, 11) is 0. The molecule has 0 aliphatic rings. The third-order valence-corrected chi connectivity index (χ3v) is 2.76. The quantitative estimate of drug-likeness (QED) is 0.856. The largest absolute Gasteiger partial charge is 0.459 e. The van der Waals surface area contributed by atoms with Crippen LogP contribution in [0.2, 0.25) is 0 Å². The van der Waals surface area contributed by atoms with Crippen LogP contribution in [0, 0.1) is 6.92 Å². The van der Waals surface area contributed by atoms with Crippen molar-refractivity contribution in [3.8, 4) is 0 Å². The lowest BCUT2D eigenvalue weighted by atomic mass is 9.98. The molecule has 3 nitrogen and oxygen atoms in total. The zero-order valence-corrected chi connectivity index (χ0v) is 13.1. The Kier molecular flexibility index (Phi) is 5.12. The Morgan fingerprint density at radius 1 is 1.30 bits per heavy atom. The van der Waals surface area contributed by atoms with E-state index in [1.165, 1.54) is 5.56 Å². The maximum atomic E-state index is 12.0. The molecule has 1 aromatic carbocycles. The number of carbonyl (C=O) groups is 1. The minimum atomic E-state index is -1.01. The summed E-state index contributed by atoms with van der Waals surface area (Å²) in [5, 5.41) is 0. The number of carbonyl (C=O) groups excluding carboxylic acids is 1. The molecule has 0 heterocycles. The minimum absolute atomic E-state index is 0.376. The van der Waals surface area contributed by atoms with Gasteiger partial charge in [0.2, 0.25) is 0 Å². The van der Waals surface area contributed by atoms with Gasteiger partial charge in [-0.3, -0.25) is 4.79 Å². The maximum absolute atomic E-state index is 12.0. The Balaban J connectivity index is 2.65. The van der Waals surface area contributed by atoms with Crippen LogP contribution in [-0.4, -0.2) is 17.1 Å². The van der Waals surface area contributed by atoms with Gasteiger partial charge in [0.25, 0.3) is 0 Å². The molecule has 0 aromatic heterocycles. The normalized spacial score (nSPS) is 15.1. The number of benzene rings is 1. The number of nitrogens with two attached hydrogens (primary N) is 1. The van der Waals surface area contributed by atoms with E-state index in [9.17, 15) is 4.79 Å². The summed E-state index contributed by atoms with van der Waals surface area (Å²) in [6.45, 7) is 9.25. The van der Waals surface area contributed by atoms with E-state index in [2.05, 4.69) is 6.07 Å².